The third kappa shape index (κ3) is 3.16. The maximum Gasteiger partial charge on any atom is 0.231 e. The molecule has 1 aromatic heterocycles. The molecule has 0 spiro atoms. The molecular formula is C23H21NO3S. The van der Waals surface area contributed by atoms with Crippen molar-refractivity contribution < 1.29 is 14.3 Å². The predicted molar refractivity (Wildman–Crippen MR) is 109 cm³/mol. The van der Waals surface area contributed by atoms with Gasteiger partial charge in [0, 0.05) is 17.8 Å². The molecule has 0 radical (unpaired) electrons. The number of thiophene rings is 1. The van der Waals surface area contributed by atoms with Gasteiger partial charge in [0.15, 0.2) is 11.5 Å². The molecule has 1 atom stereocenters. The van der Waals surface area contributed by atoms with Gasteiger partial charge in [-0.1, -0.05) is 36.4 Å². The van der Waals surface area contributed by atoms with Crippen molar-refractivity contribution in [2.24, 2.45) is 0 Å². The first kappa shape index (κ1) is 17.3. The molecule has 0 saturated carbocycles. The lowest BCUT2D eigenvalue weighted by Gasteiger charge is -2.36. The summed E-state index contributed by atoms with van der Waals surface area (Å²) < 4.78 is 10.8. The predicted octanol–water partition coefficient (Wildman–Crippen LogP) is 4.58. The minimum absolute atomic E-state index is 0.0143. The first-order valence-electron chi connectivity index (χ1n) is 9.59. The van der Waals surface area contributed by atoms with Crippen molar-refractivity contribution in [1.82, 2.24) is 4.90 Å². The number of amides is 1. The van der Waals surface area contributed by atoms with Crippen LogP contribution in [0.15, 0.2) is 60.0 Å². The van der Waals surface area contributed by atoms with Crippen LogP contribution < -0.4 is 9.47 Å². The fourth-order valence-electron chi connectivity index (χ4n) is 4.07. The summed E-state index contributed by atoms with van der Waals surface area (Å²) in [5, 5.41) is 2.14. The summed E-state index contributed by atoms with van der Waals surface area (Å²) in [7, 11) is 0. The van der Waals surface area contributed by atoms with Crippen LogP contribution in [0.2, 0.25) is 0 Å². The Morgan fingerprint density at radius 2 is 1.93 bits per heavy atom. The van der Waals surface area contributed by atoms with Gasteiger partial charge in [0.1, 0.15) is 0 Å². The quantitative estimate of drug-likeness (QED) is 0.653. The van der Waals surface area contributed by atoms with Crippen LogP contribution in [0.1, 0.15) is 34.0 Å². The number of carbonyl (C=O) groups is 1. The molecule has 5 rings (SSSR count). The Kier molecular flexibility index (Phi) is 4.53. The van der Waals surface area contributed by atoms with Crippen molar-refractivity contribution in [2.75, 3.05) is 13.3 Å². The Morgan fingerprint density at radius 3 is 2.82 bits per heavy atom. The molecule has 142 valence electrons. The molecule has 0 N–H and O–H groups in total. The molecule has 2 aromatic carbocycles. The van der Waals surface area contributed by atoms with E-state index in [1.807, 2.05) is 36.4 Å². The molecular weight excluding hydrogens is 370 g/mol. The van der Waals surface area contributed by atoms with E-state index in [0.29, 0.717) is 12.8 Å². The van der Waals surface area contributed by atoms with Crippen LogP contribution in [0.25, 0.3) is 0 Å². The number of rotatable bonds is 4. The summed E-state index contributed by atoms with van der Waals surface area (Å²) in [6.07, 6.45) is 2.12. The van der Waals surface area contributed by atoms with E-state index in [2.05, 4.69) is 28.5 Å². The Labute approximate surface area is 168 Å². The van der Waals surface area contributed by atoms with E-state index in [0.717, 1.165) is 30.0 Å². The lowest BCUT2D eigenvalue weighted by atomic mass is 9.92. The van der Waals surface area contributed by atoms with Crippen LogP contribution in [0, 0.1) is 0 Å². The van der Waals surface area contributed by atoms with Gasteiger partial charge in [-0.15, -0.1) is 11.3 Å². The van der Waals surface area contributed by atoms with E-state index >= 15 is 0 Å². The molecule has 0 saturated heterocycles. The Bertz CT molecular complexity index is 998. The van der Waals surface area contributed by atoms with E-state index in [1.54, 1.807) is 11.3 Å². The summed E-state index contributed by atoms with van der Waals surface area (Å²) in [5.41, 5.74) is 3.55. The van der Waals surface area contributed by atoms with Gasteiger partial charge >= 0.3 is 0 Å². The zero-order chi connectivity index (χ0) is 18.9. The van der Waals surface area contributed by atoms with Crippen LogP contribution in [-0.4, -0.2) is 24.1 Å². The van der Waals surface area contributed by atoms with E-state index in [9.17, 15) is 4.79 Å². The van der Waals surface area contributed by atoms with Crippen molar-refractivity contribution in [3.63, 3.8) is 0 Å². The fraction of sp³-hybridized carbons (Fsp3) is 0.261. The van der Waals surface area contributed by atoms with Crippen molar-refractivity contribution in [1.29, 1.82) is 0 Å². The molecule has 2 aliphatic rings. The fourth-order valence-corrected chi connectivity index (χ4v) is 4.97. The third-order valence-corrected chi connectivity index (χ3v) is 6.46. The van der Waals surface area contributed by atoms with Crippen LogP contribution in [0.3, 0.4) is 0 Å². The van der Waals surface area contributed by atoms with Crippen LogP contribution >= 0.6 is 11.3 Å². The summed E-state index contributed by atoms with van der Waals surface area (Å²) in [6, 6.07) is 18.5. The SMILES string of the molecule is O=C(CCc1ccc2c(c1)OCO2)N1CCc2sccc2[C@@H]1c1ccccc1. The minimum Gasteiger partial charge on any atom is -0.454 e. The van der Waals surface area contributed by atoms with Gasteiger partial charge in [0.2, 0.25) is 12.7 Å². The number of hydrogen-bond donors (Lipinski definition) is 0. The molecule has 2 aliphatic heterocycles. The summed E-state index contributed by atoms with van der Waals surface area (Å²) in [4.78, 5) is 16.6. The van der Waals surface area contributed by atoms with Gasteiger partial charge in [0.25, 0.3) is 0 Å². The number of aryl methyl sites for hydroxylation is 1. The highest BCUT2D eigenvalue weighted by Gasteiger charge is 2.32. The van der Waals surface area contributed by atoms with E-state index in [1.165, 1.54) is 16.0 Å². The molecule has 1 amide bonds. The number of nitrogens with zero attached hydrogens (tertiary/aromatic N) is 1. The second-order valence-corrected chi connectivity index (χ2v) is 8.14. The second-order valence-electron chi connectivity index (χ2n) is 7.14. The summed E-state index contributed by atoms with van der Waals surface area (Å²) >= 11 is 1.80. The number of hydrogen-bond acceptors (Lipinski definition) is 4. The average Bonchev–Trinajstić information content (AvgIpc) is 3.40. The van der Waals surface area contributed by atoms with Gasteiger partial charge in [-0.25, -0.2) is 0 Å². The van der Waals surface area contributed by atoms with Crippen molar-refractivity contribution in [3.8, 4) is 11.5 Å². The maximum atomic E-state index is 13.2. The van der Waals surface area contributed by atoms with Gasteiger partial charge in [-0.2, -0.15) is 0 Å². The van der Waals surface area contributed by atoms with Crippen molar-refractivity contribution >= 4 is 17.2 Å². The molecule has 3 aromatic rings. The summed E-state index contributed by atoms with van der Waals surface area (Å²) in [6.45, 7) is 1.04. The third-order valence-electron chi connectivity index (χ3n) is 5.47. The Balaban J connectivity index is 1.36. The number of benzene rings is 2. The maximum absolute atomic E-state index is 13.2. The lowest BCUT2D eigenvalue weighted by Crippen LogP contribution is -2.40. The molecule has 4 nitrogen and oxygen atoms in total. The monoisotopic (exact) mass is 391 g/mol. The normalized spacial score (nSPS) is 17.4. The first-order chi connectivity index (χ1) is 13.8. The molecule has 0 aliphatic carbocycles. The van der Waals surface area contributed by atoms with Crippen molar-refractivity contribution in [3.05, 3.63) is 81.5 Å². The standard InChI is InChI=1S/C23H21NO3S/c25-22(9-7-16-6-8-19-20(14-16)27-15-26-19)24-12-10-21-18(11-13-28-21)23(24)17-4-2-1-3-5-17/h1-6,8,11,13-14,23H,7,9-10,12,15H2/t23-/m0/s1. The molecule has 0 fully saturated rings. The topological polar surface area (TPSA) is 38.8 Å². The highest BCUT2D eigenvalue weighted by atomic mass is 32.1. The van der Waals surface area contributed by atoms with Gasteiger partial charge < -0.3 is 14.4 Å². The zero-order valence-corrected chi connectivity index (χ0v) is 16.3. The molecule has 0 bridgehead atoms. The zero-order valence-electron chi connectivity index (χ0n) is 15.5. The van der Waals surface area contributed by atoms with Crippen molar-refractivity contribution in [2.45, 2.75) is 25.3 Å². The average molecular weight is 391 g/mol. The smallest absolute Gasteiger partial charge is 0.231 e. The summed E-state index contributed by atoms with van der Waals surface area (Å²) in [5.74, 6) is 1.75. The lowest BCUT2D eigenvalue weighted by molar-refractivity contribution is -0.133. The highest BCUT2D eigenvalue weighted by Crippen LogP contribution is 2.38. The van der Waals surface area contributed by atoms with E-state index in [-0.39, 0.29) is 18.7 Å². The van der Waals surface area contributed by atoms with Gasteiger partial charge in [0.05, 0.1) is 6.04 Å². The van der Waals surface area contributed by atoms with Gasteiger partial charge in [-0.05, 0) is 53.1 Å². The largest absolute Gasteiger partial charge is 0.454 e. The first-order valence-corrected chi connectivity index (χ1v) is 10.5. The highest BCUT2D eigenvalue weighted by molar-refractivity contribution is 7.10. The van der Waals surface area contributed by atoms with Crippen LogP contribution in [0.4, 0.5) is 0 Å². The molecule has 28 heavy (non-hydrogen) atoms. The molecule has 0 unspecified atom stereocenters. The van der Waals surface area contributed by atoms with Crippen LogP contribution in [-0.2, 0) is 17.6 Å². The van der Waals surface area contributed by atoms with Crippen LogP contribution in [0.5, 0.6) is 11.5 Å². The van der Waals surface area contributed by atoms with Gasteiger partial charge in [-0.3, -0.25) is 4.79 Å². The number of ether oxygens (including phenoxy) is 2. The Hall–Kier alpha value is -2.79. The Morgan fingerprint density at radius 1 is 1.07 bits per heavy atom. The minimum atomic E-state index is 0.0143. The molecule has 5 heteroatoms. The molecule has 3 heterocycles. The number of fused-ring (bicyclic) bond motifs is 2. The van der Waals surface area contributed by atoms with E-state index < -0.39 is 0 Å². The number of carbonyl (C=O) groups excluding carboxylic acids is 1. The van der Waals surface area contributed by atoms with E-state index in [4.69, 9.17) is 9.47 Å². The second kappa shape index (κ2) is 7.32.